The van der Waals surface area contributed by atoms with E-state index in [1.165, 1.54) is 16.7 Å². The number of para-hydroxylation sites is 1. The maximum atomic E-state index is 12.8. The molecule has 0 bridgehead atoms. The van der Waals surface area contributed by atoms with Crippen molar-refractivity contribution in [2.24, 2.45) is 0 Å². The molecule has 3 heteroatoms. The van der Waals surface area contributed by atoms with E-state index in [1.54, 1.807) is 0 Å². The van der Waals surface area contributed by atoms with Crippen LogP contribution < -0.4 is 5.32 Å². The second kappa shape index (κ2) is 8.05. The normalized spacial score (nSPS) is 17.7. The third kappa shape index (κ3) is 3.99. The number of likely N-dealkylation sites (tertiary alicyclic amines) is 1. The molecule has 1 atom stereocenters. The third-order valence-corrected chi connectivity index (χ3v) is 5.45. The smallest absolute Gasteiger partial charge is 0.238 e. The number of nitrogens with one attached hydrogen (secondary N) is 1. The fourth-order valence-corrected chi connectivity index (χ4v) is 4.03. The van der Waals surface area contributed by atoms with E-state index in [0.29, 0.717) is 18.5 Å². The number of aryl methyl sites for hydroxylation is 2. The largest absolute Gasteiger partial charge is 0.324 e. The maximum Gasteiger partial charge on any atom is 0.238 e. The number of rotatable bonds is 5. The van der Waals surface area contributed by atoms with Gasteiger partial charge >= 0.3 is 0 Å². The van der Waals surface area contributed by atoms with Crippen LogP contribution in [0.1, 0.15) is 60.9 Å². The van der Waals surface area contributed by atoms with Gasteiger partial charge in [-0.2, -0.15) is 0 Å². The Morgan fingerprint density at radius 2 is 1.85 bits per heavy atom. The number of hydrogen-bond acceptors (Lipinski definition) is 2. The topological polar surface area (TPSA) is 32.3 Å². The first-order chi connectivity index (χ1) is 12.5. The van der Waals surface area contributed by atoms with Crippen molar-refractivity contribution in [2.45, 2.75) is 52.5 Å². The number of amides is 1. The van der Waals surface area contributed by atoms with Gasteiger partial charge in [-0.3, -0.25) is 9.69 Å². The lowest BCUT2D eigenvalue weighted by Gasteiger charge is -2.26. The van der Waals surface area contributed by atoms with Crippen LogP contribution in [0.4, 0.5) is 5.69 Å². The summed E-state index contributed by atoms with van der Waals surface area (Å²) in [5.74, 6) is 0.471. The summed E-state index contributed by atoms with van der Waals surface area (Å²) in [5.41, 5.74) is 5.98. The van der Waals surface area contributed by atoms with Crippen molar-refractivity contribution in [3.63, 3.8) is 0 Å². The average molecular weight is 351 g/mol. The molecule has 1 unspecified atom stereocenters. The summed E-state index contributed by atoms with van der Waals surface area (Å²) >= 11 is 0. The zero-order chi connectivity index (χ0) is 18.7. The van der Waals surface area contributed by atoms with Gasteiger partial charge in [-0.1, -0.05) is 56.3 Å². The highest BCUT2D eigenvalue weighted by Crippen LogP contribution is 2.33. The molecule has 3 rings (SSSR count). The predicted molar refractivity (Wildman–Crippen MR) is 109 cm³/mol. The fourth-order valence-electron chi connectivity index (χ4n) is 4.03. The van der Waals surface area contributed by atoms with Gasteiger partial charge in [-0.15, -0.1) is 0 Å². The van der Waals surface area contributed by atoms with Gasteiger partial charge in [-0.25, -0.2) is 0 Å². The lowest BCUT2D eigenvalue weighted by atomic mass is 9.98. The summed E-state index contributed by atoms with van der Waals surface area (Å²) in [6, 6.07) is 15.1. The van der Waals surface area contributed by atoms with Gasteiger partial charge in [0.25, 0.3) is 0 Å². The number of carbonyl (C=O) groups excluding carboxylic acids is 1. The molecular weight excluding hydrogens is 320 g/mol. The number of benzene rings is 2. The van der Waals surface area contributed by atoms with Crippen molar-refractivity contribution >= 4 is 11.6 Å². The van der Waals surface area contributed by atoms with E-state index in [2.05, 4.69) is 80.4 Å². The molecule has 1 N–H and O–H groups in total. The van der Waals surface area contributed by atoms with E-state index < -0.39 is 0 Å². The molecule has 0 radical (unpaired) electrons. The first kappa shape index (κ1) is 18.7. The molecular formula is C23H30N2O. The molecule has 1 amide bonds. The second-order valence-corrected chi connectivity index (χ2v) is 7.73. The van der Waals surface area contributed by atoms with E-state index in [-0.39, 0.29) is 5.91 Å². The van der Waals surface area contributed by atoms with Gasteiger partial charge in [0.05, 0.1) is 6.54 Å². The summed E-state index contributed by atoms with van der Waals surface area (Å²) in [6.07, 6.45) is 2.27. The molecule has 3 nitrogen and oxygen atoms in total. The lowest BCUT2D eigenvalue weighted by Crippen LogP contribution is -2.33. The molecule has 0 saturated carbocycles. The van der Waals surface area contributed by atoms with E-state index >= 15 is 0 Å². The van der Waals surface area contributed by atoms with Crippen LogP contribution >= 0.6 is 0 Å². The van der Waals surface area contributed by atoms with E-state index in [0.717, 1.165) is 30.6 Å². The summed E-state index contributed by atoms with van der Waals surface area (Å²) < 4.78 is 0. The molecule has 0 aliphatic carbocycles. The van der Waals surface area contributed by atoms with Crippen molar-refractivity contribution in [3.8, 4) is 0 Å². The molecule has 1 saturated heterocycles. The first-order valence-electron chi connectivity index (χ1n) is 9.66. The third-order valence-electron chi connectivity index (χ3n) is 5.45. The monoisotopic (exact) mass is 350 g/mol. The van der Waals surface area contributed by atoms with Gasteiger partial charge in [-0.05, 0) is 61.4 Å². The summed E-state index contributed by atoms with van der Waals surface area (Å²) in [6.45, 7) is 9.99. The van der Waals surface area contributed by atoms with Crippen LogP contribution in [0.25, 0.3) is 0 Å². The number of hydrogen-bond donors (Lipinski definition) is 1. The van der Waals surface area contributed by atoms with E-state index in [9.17, 15) is 4.79 Å². The quantitative estimate of drug-likeness (QED) is 0.803. The Morgan fingerprint density at radius 1 is 1.12 bits per heavy atom. The van der Waals surface area contributed by atoms with Crippen molar-refractivity contribution in [1.29, 1.82) is 0 Å². The van der Waals surface area contributed by atoms with Crippen LogP contribution in [0.15, 0.2) is 42.5 Å². The number of nitrogens with zero attached hydrogens (tertiary/aromatic N) is 1. The van der Waals surface area contributed by atoms with Crippen LogP contribution in [0.2, 0.25) is 0 Å². The Kier molecular flexibility index (Phi) is 5.77. The van der Waals surface area contributed by atoms with E-state index in [4.69, 9.17) is 0 Å². The standard InChI is InChI=1S/C23H30N2O/c1-16(2)19-12-7-10-18(4)23(19)24-22(26)15-25-14-8-13-21(25)20-11-6-5-9-17(20)3/h5-7,9-12,16,21H,8,13-15H2,1-4H3,(H,24,26). The molecule has 1 heterocycles. The molecule has 2 aromatic rings. The van der Waals surface area contributed by atoms with Crippen molar-refractivity contribution in [3.05, 3.63) is 64.7 Å². The fraction of sp³-hybridized carbons (Fsp3) is 0.435. The molecule has 1 fully saturated rings. The van der Waals surface area contributed by atoms with Gasteiger partial charge in [0.2, 0.25) is 5.91 Å². The first-order valence-corrected chi connectivity index (χ1v) is 9.66. The zero-order valence-corrected chi connectivity index (χ0v) is 16.4. The highest BCUT2D eigenvalue weighted by Gasteiger charge is 2.28. The van der Waals surface area contributed by atoms with Crippen molar-refractivity contribution in [1.82, 2.24) is 4.90 Å². The Labute approximate surface area is 157 Å². The van der Waals surface area contributed by atoms with Crippen molar-refractivity contribution < 1.29 is 4.79 Å². The van der Waals surface area contributed by atoms with Crippen LogP contribution in [-0.4, -0.2) is 23.9 Å². The van der Waals surface area contributed by atoms with Crippen LogP contribution in [-0.2, 0) is 4.79 Å². The molecule has 0 aromatic heterocycles. The molecule has 0 spiro atoms. The molecule has 1 aliphatic rings. The van der Waals surface area contributed by atoms with Gasteiger partial charge in [0.15, 0.2) is 0 Å². The van der Waals surface area contributed by atoms with Gasteiger partial charge in [0, 0.05) is 11.7 Å². The highest BCUT2D eigenvalue weighted by molar-refractivity contribution is 5.94. The number of carbonyl (C=O) groups is 1. The molecule has 1 aliphatic heterocycles. The number of anilines is 1. The minimum atomic E-state index is 0.0849. The molecule has 26 heavy (non-hydrogen) atoms. The Morgan fingerprint density at radius 3 is 2.58 bits per heavy atom. The van der Waals surface area contributed by atoms with Crippen LogP contribution in [0, 0.1) is 13.8 Å². The van der Waals surface area contributed by atoms with Crippen LogP contribution in [0.3, 0.4) is 0 Å². The highest BCUT2D eigenvalue weighted by atomic mass is 16.2. The molecule has 2 aromatic carbocycles. The Balaban J connectivity index is 1.74. The van der Waals surface area contributed by atoms with Crippen molar-refractivity contribution in [2.75, 3.05) is 18.4 Å². The molecule has 138 valence electrons. The summed E-state index contributed by atoms with van der Waals surface area (Å²) in [7, 11) is 0. The second-order valence-electron chi connectivity index (χ2n) is 7.73. The average Bonchev–Trinajstić information content (AvgIpc) is 3.04. The van der Waals surface area contributed by atoms with Gasteiger partial charge in [0.1, 0.15) is 0 Å². The Bertz CT molecular complexity index is 782. The Hall–Kier alpha value is -2.13. The predicted octanol–water partition coefficient (Wildman–Crippen LogP) is 5.20. The maximum absolute atomic E-state index is 12.8. The SMILES string of the molecule is Cc1ccccc1C1CCCN1CC(=O)Nc1c(C)cccc1C(C)C. The van der Waals surface area contributed by atoms with Gasteiger partial charge < -0.3 is 5.32 Å². The minimum Gasteiger partial charge on any atom is -0.324 e. The minimum absolute atomic E-state index is 0.0849. The van der Waals surface area contributed by atoms with E-state index in [1.807, 2.05) is 0 Å². The summed E-state index contributed by atoms with van der Waals surface area (Å²) in [5, 5.41) is 3.19. The van der Waals surface area contributed by atoms with Crippen LogP contribution in [0.5, 0.6) is 0 Å². The zero-order valence-electron chi connectivity index (χ0n) is 16.4. The lowest BCUT2D eigenvalue weighted by molar-refractivity contribution is -0.117. The summed E-state index contributed by atoms with van der Waals surface area (Å²) in [4.78, 5) is 15.1.